The number of fused-ring (bicyclic) bond motifs is 12. The highest BCUT2D eigenvalue weighted by Gasteiger charge is 2.21. The van der Waals surface area contributed by atoms with Gasteiger partial charge in [-0.1, -0.05) is 322 Å². The van der Waals surface area contributed by atoms with Crippen LogP contribution in [0.3, 0.4) is 0 Å². The van der Waals surface area contributed by atoms with Crippen molar-refractivity contribution in [3.63, 3.8) is 0 Å². The summed E-state index contributed by atoms with van der Waals surface area (Å²) in [6, 6.07) is 174. The van der Waals surface area contributed by atoms with E-state index in [1.54, 1.807) is 0 Å². The Morgan fingerprint density at radius 1 is 0.143 bits per heavy atom. The summed E-state index contributed by atoms with van der Waals surface area (Å²) in [6.45, 7) is 0. The zero-order chi connectivity index (χ0) is 83.4. The number of anilines is 6. The van der Waals surface area contributed by atoms with E-state index in [1.807, 2.05) is 24.3 Å². The van der Waals surface area contributed by atoms with Crippen molar-refractivity contribution in [2.75, 3.05) is 9.80 Å². The summed E-state index contributed by atoms with van der Waals surface area (Å²) in [5, 5.41) is 9.63. The van der Waals surface area contributed by atoms with E-state index < -0.39 is 0 Å². The zero-order valence-electron chi connectivity index (χ0n) is 68.8. The van der Waals surface area contributed by atoms with E-state index >= 15 is 0 Å². The van der Waals surface area contributed by atoms with Crippen LogP contribution in [0.5, 0.6) is 0 Å². The molecule has 0 aliphatic heterocycles. The Morgan fingerprint density at radius 3 is 0.802 bits per heavy atom. The number of hydrogen-bond donors (Lipinski definition) is 0. The lowest BCUT2D eigenvalue weighted by molar-refractivity contribution is 0.668. The van der Waals surface area contributed by atoms with Crippen molar-refractivity contribution in [1.29, 1.82) is 0 Å². The van der Waals surface area contributed by atoms with Gasteiger partial charge in [-0.25, -0.2) is 0 Å². The van der Waals surface area contributed by atoms with Gasteiger partial charge >= 0.3 is 0 Å². The summed E-state index contributed by atoms with van der Waals surface area (Å²) >= 11 is 0. The molecule has 0 unspecified atom stereocenters. The molecule has 0 bridgehead atoms. The third kappa shape index (κ3) is 13.8. The molecule has 20 aromatic carbocycles. The Morgan fingerprint density at radius 2 is 0.397 bits per heavy atom. The monoisotopic (exact) mass is 1610 g/mol. The van der Waals surface area contributed by atoms with Crippen molar-refractivity contribution in [2.24, 2.45) is 0 Å². The molecule has 0 saturated carbocycles. The number of para-hydroxylation sites is 7. The zero-order valence-corrected chi connectivity index (χ0v) is 68.8. The summed E-state index contributed by atoms with van der Waals surface area (Å²) in [5.74, 6) is 0. The van der Waals surface area contributed by atoms with Gasteiger partial charge < -0.3 is 27.8 Å². The maximum Gasteiger partial charge on any atom is 0.136 e. The molecule has 6 heteroatoms. The van der Waals surface area contributed by atoms with Crippen molar-refractivity contribution >= 4 is 122 Å². The van der Waals surface area contributed by atoms with Crippen LogP contribution in [-0.4, -0.2) is 9.13 Å². The second kappa shape index (κ2) is 32.0. The summed E-state index contributed by atoms with van der Waals surface area (Å²) in [7, 11) is 0. The topological polar surface area (TPSA) is 42.6 Å². The van der Waals surface area contributed by atoms with Gasteiger partial charge in [0.15, 0.2) is 0 Å². The van der Waals surface area contributed by atoms with Crippen LogP contribution in [0.4, 0.5) is 34.1 Å². The third-order valence-electron chi connectivity index (χ3n) is 24.9. The Labute approximate surface area is 730 Å². The van der Waals surface area contributed by atoms with Crippen LogP contribution >= 0.6 is 0 Å². The van der Waals surface area contributed by atoms with Gasteiger partial charge in [0.25, 0.3) is 0 Å². The summed E-state index contributed by atoms with van der Waals surface area (Å²) < 4.78 is 17.2. The molecule has 0 saturated heterocycles. The Hall–Kier alpha value is -16.8. The van der Waals surface area contributed by atoms with Crippen LogP contribution in [0, 0.1) is 0 Å². The number of hydrogen-bond acceptors (Lipinski definition) is 4. The highest BCUT2D eigenvalue weighted by Crippen LogP contribution is 2.45. The lowest BCUT2D eigenvalue weighted by Crippen LogP contribution is -2.09. The number of furan rings is 2. The number of aromatic nitrogens is 2. The molecule has 24 rings (SSSR count). The first-order chi connectivity index (χ1) is 62.4. The number of nitrogens with zero attached hydrogens (tertiary/aromatic N) is 4. The molecule has 0 atom stereocenters. The van der Waals surface area contributed by atoms with Crippen molar-refractivity contribution in [3.05, 3.63) is 485 Å². The second-order valence-electron chi connectivity index (χ2n) is 32.3. The molecule has 0 amide bonds. The normalized spacial score (nSPS) is 11.5. The van der Waals surface area contributed by atoms with Gasteiger partial charge in [-0.05, 0) is 253 Å². The predicted molar refractivity (Wildman–Crippen MR) is 529 cm³/mol. The average molecular weight is 1610 g/mol. The minimum Gasteiger partial charge on any atom is -0.456 e. The standard InChI is InChI=1S/C66H44N2O.C54H36N2O/c1-2-13-49(14-3-1)57-17-4-5-18-58(57)50-33-40-55(41-34-50)67(54-38-31-48(32-39-54)52-35-42-62-61-21-8-11-24-65(61)69-66(62)44-52)53-36-29-46(30-37-53)45-25-27-47(28-26-45)51-15-12-16-56(43-51)68-63-22-9-6-19-59(63)60-20-7-10-23-64(60)68;1-2-13-43(14-3-1)55(45-30-23-39(24-31-45)42-27-34-50-49-17-6-9-20-53(49)57-54(50)36-42)44-28-21-37(22-29-44)40-11-10-12-41(35-40)38-25-32-46(33-26-38)56-51-18-7-4-15-47(51)48-16-5-8-19-52(48)56/h1-44H;1-36H. The molecule has 0 N–H and O–H groups in total. The smallest absolute Gasteiger partial charge is 0.136 e. The first-order valence-corrected chi connectivity index (χ1v) is 43.0. The minimum atomic E-state index is 0.896. The number of benzene rings is 20. The Kier molecular flexibility index (Phi) is 18.8. The van der Waals surface area contributed by atoms with Crippen molar-refractivity contribution in [1.82, 2.24) is 9.13 Å². The highest BCUT2D eigenvalue weighted by molar-refractivity contribution is 6.12. The average Bonchev–Trinajstić information content (AvgIpc) is 1.60. The van der Waals surface area contributed by atoms with E-state index in [9.17, 15) is 0 Å². The quantitative estimate of drug-likeness (QED) is 0.0967. The van der Waals surface area contributed by atoms with E-state index in [2.05, 4.69) is 480 Å². The van der Waals surface area contributed by atoms with Crippen LogP contribution in [0.1, 0.15) is 0 Å². The van der Waals surface area contributed by atoms with Gasteiger partial charge in [0, 0.05) is 88.6 Å². The molecular weight excluding hydrogens is 1530 g/mol. The van der Waals surface area contributed by atoms with Gasteiger partial charge in [-0.3, -0.25) is 0 Å². The number of rotatable bonds is 16. The molecule has 0 spiro atoms. The second-order valence-corrected chi connectivity index (χ2v) is 32.3. The first kappa shape index (κ1) is 74.3. The fourth-order valence-corrected chi connectivity index (χ4v) is 18.7. The van der Waals surface area contributed by atoms with Crippen LogP contribution in [0.25, 0.3) is 188 Å². The lowest BCUT2D eigenvalue weighted by Gasteiger charge is -2.26. The fourth-order valence-electron chi connectivity index (χ4n) is 18.7. The molecule has 126 heavy (non-hydrogen) atoms. The van der Waals surface area contributed by atoms with Gasteiger partial charge in [-0.2, -0.15) is 0 Å². The van der Waals surface area contributed by atoms with Gasteiger partial charge in [-0.15, -0.1) is 0 Å². The van der Waals surface area contributed by atoms with Crippen molar-refractivity contribution in [2.45, 2.75) is 0 Å². The molecule has 4 heterocycles. The van der Waals surface area contributed by atoms with Crippen LogP contribution in [0.2, 0.25) is 0 Å². The van der Waals surface area contributed by atoms with E-state index in [0.29, 0.717) is 0 Å². The molecule has 0 fully saturated rings. The van der Waals surface area contributed by atoms with Crippen LogP contribution < -0.4 is 9.80 Å². The predicted octanol–water partition coefficient (Wildman–Crippen LogP) is 33.6. The first-order valence-electron chi connectivity index (χ1n) is 43.0. The molecule has 0 radical (unpaired) electrons. The van der Waals surface area contributed by atoms with Crippen molar-refractivity contribution < 1.29 is 8.83 Å². The Bertz CT molecular complexity index is 8040. The summed E-state index contributed by atoms with van der Waals surface area (Å²) in [6.07, 6.45) is 0. The van der Waals surface area contributed by atoms with Crippen LogP contribution in [-0.2, 0) is 0 Å². The van der Waals surface area contributed by atoms with Crippen LogP contribution in [0.15, 0.2) is 494 Å². The summed E-state index contributed by atoms with van der Waals surface area (Å²) in [4.78, 5) is 4.65. The lowest BCUT2D eigenvalue weighted by atomic mass is 9.94. The van der Waals surface area contributed by atoms with Gasteiger partial charge in [0.05, 0.1) is 22.1 Å². The Balaban J connectivity index is 0.000000148. The van der Waals surface area contributed by atoms with E-state index in [1.165, 1.54) is 105 Å². The van der Waals surface area contributed by atoms with E-state index in [4.69, 9.17) is 8.83 Å². The van der Waals surface area contributed by atoms with Gasteiger partial charge in [0.2, 0.25) is 0 Å². The van der Waals surface area contributed by atoms with E-state index in [0.717, 1.165) is 117 Å². The fraction of sp³-hybridized carbons (Fsp3) is 0. The molecule has 0 aliphatic carbocycles. The van der Waals surface area contributed by atoms with Gasteiger partial charge in [0.1, 0.15) is 22.3 Å². The maximum absolute atomic E-state index is 6.27. The summed E-state index contributed by atoms with van der Waals surface area (Å²) in [5.41, 5.74) is 36.1. The molecule has 592 valence electrons. The highest BCUT2D eigenvalue weighted by atomic mass is 16.3. The van der Waals surface area contributed by atoms with Crippen molar-refractivity contribution in [3.8, 4) is 100 Å². The van der Waals surface area contributed by atoms with E-state index in [-0.39, 0.29) is 0 Å². The SMILES string of the molecule is c1ccc(-c2ccccc2-c2ccc(N(c3ccc(-c4ccc(-c5cccc(-n6c7ccccc7c7ccccc76)c5)cc4)cc3)c3ccc(-c4ccc5c(c4)oc4ccccc45)cc3)cc2)cc1.c1ccc(N(c2ccc(-c3cccc(-c4ccc(-n5c6ccccc6c6ccccc65)cc4)c3)cc2)c2ccc(-c3ccc4c(c3)oc3ccccc34)cc2)cc1. The molecule has 0 aliphatic rings. The molecular formula is C120H80N4O2. The minimum absolute atomic E-state index is 0.896. The largest absolute Gasteiger partial charge is 0.456 e. The third-order valence-corrected chi connectivity index (χ3v) is 24.9. The molecule has 6 nitrogen and oxygen atoms in total. The molecule has 4 aromatic heterocycles. The maximum atomic E-state index is 6.27. The molecule has 24 aromatic rings.